The summed E-state index contributed by atoms with van der Waals surface area (Å²) in [6, 6.07) is 13.9. The minimum atomic E-state index is -4.74. The zero-order valence-electron chi connectivity index (χ0n) is 24.6. The zero-order valence-corrected chi connectivity index (χ0v) is 24.6. The summed E-state index contributed by atoms with van der Waals surface area (Å²) in [5.41, 5.74) is 0.856. The van der Waals surface area contributed by atoms with Gasteiger partial charge in [0.25, 0.3) is 0 Å². The number of nitrogens with zero attached hydrogens (tertiary/aromatic N) is 6. The third-order valence-corrected chi connectivity index (χ3v) is 7.85. The van der Waals surface area contributed by atoms with Crippen LogP contribution < -0.4 is 9.47 Å². The highest BCUT2D eigenvalue weighted by Gasteiger charge is 2.45. The van der Waals surface area contributed by atoms with Crippen LogP contribution in [-0.4, -0.2) is 67.6 Å². The molecular weight excluding hydrogens is 581 g/mol. The van der Waals surface area contributed by atoms with Crippen LogP contribution in [0.2, 0.25) is 0 Å². The summed E-state index contributed by atoms with van der Waals surface area (Å²) in [5, 5.41) is 16.6. The third kappa shape index (κ3) is 6.73. The number of benzene rings is 2. The normalized spacial score (nSPS) is 21.2. The van der Waals surface area contributed by atoms with Crippen LogP contribution in [0.1, 0.15) is 75.4 Å². The Morgan fingerprint density at radius 1 is 1.07 bits per heavy atom. The fraction of sp³-hybridized carbons (Fsp3) is 0.500. The number of esters is 1. The van der Waals surface area contributed by atoms with Gasteiger partial charge in [0.05, 0.1) is 6.42 Å². The highest BCUT2D eigenvalue weighted by molar-refractivity contribution is 5.83. The Morgan fingerprint density at radius 2 is 1.80 bits per heavy atom. The number of hydrogen-bond acceptors (Lipinski definition) is 10. The topological polar surface area (TPSA) is 113 Å². The monoisotopic (exact) mass is 614 g/mol. The molecule has 2 unspecified atom stereocenters. The molecule has 1 fully saturated rings. The van der Waals surface area contributed by atoms with Gasteiger partial charge >= 0.3 is 12.3 Å². The average molecular weight is 615 g/mol. The molecule has 3 aliphatic rings. The number of piperidine rings is 1. The summed E-state index contributed by atoms with van der Waals surface area (Å²) in [4.78, 5) is 21.1. The number of carbonyl (C=O) groups is 1. The molecular formula is C30H33F3N6O5. The number of para-hydroxylation sites is 1. The van der Waals surface area contributed by atoms with Crippen LogP contribution in [0.5, 0.6) is 11.5 Å². The molecule has 1 spiro atoms. The number of amidine groups is 1. The molecule has 0 amide bonds. The molecule has 0 radical (unpaired) electrons. The molecule has 234 valence electrons. The third-order valence-electron chi connectivity index (χ3n) is 7.85. The van der Waals surface area contributed by atoms with Crippen LogP contribution in [0.3, 0.4) is 0 Å². The molecule has 3 aliphatic heterocycles. The quantitative estimate of drug-likeness (QED) is 0.361. The lowest BCUT2D eigenvalue weighted by Gasteiger charge is -2.47. The number of ether oxygens (including phenoxy) is 3. The molecule has 0 saturated carbocycles. The Bertz CT molecular complexity index is 1530. The smallest absolute Gasteiger partial charge is 0.487 e. The highest BCUT2D eigenvalue weighted by atomic mass is 19.4. The first-order chi connectivity index (χ1) is 20.8. The van der Waals surface area contributed by atoms with Gasteiger partial charge in [-0.05, 0) is 56.2 Å². The molecule has 3 aromatic rings. The van der Waals surface area contributed by atoms with Gasteiger partial charge in [0, 0.05) is 37.4 Å². The second-order valence-electron chi connectivity index (χ2n) is 12.3. The lowest BCUT2D eigenvalue weighted by Crippen LogP contribution is -2.51. The maximum atomic E-state index is 12.7. The molecule has 2 aromatic carbocycles. The summed E-state index contributed by atoms with van der Waals surface area (Å²) in [6.45, 7) is 6.57. The molecule has 44 heavy (non-hydrogen) atoms. The molecule has 0 N–H and O–H groups in total. The van der Waals surface area contributed by atoms with Gasteiger partial charge in [-0.1, -0.05) is 35.5 Å². The SMILES string of the molecule is CC(C)(C)OC(=O)Cn1nnc(C2CC(N3CCC4(CC3)CC(c3ccc(OC(F)(F)F)cc3)c3ccccc3O4)=NO2)n1. The van der Waals surface area contributed by atoms with Crippen LogP contribution >= 0.6 is 0 Å². The molecule has 0 bridgehead atoms. The van der Waals surface area contributed by atoms with Crippen molar-refractivity contribution in [3.63, 3.8) is 0 Å². The standard InChI is InChI=1S/C30H33F3N6O5/c1-28(2,3)43-26(40)18-39-35-27(34-37-39)24-16-25(36-44-24)38-14-12-29(13-15-38)17-22(21-6-4-5-7-23(21)42-29)19-8-10-20(11-9-19)41-30(31,32)33/h4-11,22,24H,12-18H2,1-3H3. The molecule has 2 atom stereocenters. The first-order valence-corrected chi connectivity index (χ1v) is 14.5. The predicted octanol–water partition coefficient (Wildman–Crippen LogP) is 5.14. The lowest BCUT2D eigenvalue weighted by atomic mass is 9.75. The fourth-order valence-corrected chi connectivity index (χ4v) is 5.93. The molecule has 1 aromatic heterocycles. The number of tetrazole rings is 1. The number of fused-ring (bicyclic) bond motifs is 1. The Labute approximate surface area is 251 Å². The van der Waals surface area contributed by atoms with E-state index in [0.29, 0.717) is 31.8 Å². The summed E-state index contributed by atoms with van der Waals surface area (Å²) < 4.78 is 54.1. The molecule has 6 rings (SSSR count). The van der Waals surface area contributed by atoms with Crippen LogP contribution in [0.4, 0.5) is 13.2 Å². The van der Waals surface area contributed by atoms with Crippen molar-refractivity contribution in [2.24, 2.45) is 5.16 Å². The minimum Gasteiger partial charge on any atom is -0.487 e. The van der Waals surface area contributed by atoms with Crippen LogP contribution in [0.25, 0.3) is 0 Å². The molecule has 0 aliphatic carbocycles. The van der Waals surface area contributed by atoms with Crippen molar-refractivity contribution in [3.8, 4) is 11.5 Å². The van der Waals surface area contributed by atoms with Crippen LogP contribution in [-0.2, 0) is 20.9 Å². The van der Waals surface area contributed by atoms with E-state index in [1.54, 1.807) is 32.9 Å². The van der Waals surface area contributed by atoms with Gasteiger partial charge in [0.1, 0.15) is 28.5 Å². The molecule has 11 nitrogen and oxygen atoms in total. The summed E-state index contributed by atoms with van der Waals surface area (Å²) in [5.74, 6) is 1.15. The van der Waals surface area contributed by atoms with Crippen molar-refractivity contribution < 1.29 is 37.0 Å². The zero-order chi connectivity index (χ0) is 31.1. The van der Waals surface area contributed by atoms with Crippen molar-refractivity contribution in [1.29, 1.82) is 0 Å². The van der Waals surface area contributed by atoms with Gasteiger partial charge < -0.3 is 23.9 Å². The Balaban J connectivity index is 1.08. The summed E-state index contributed by atoms with van der Waals surface area (Å²) in [7, 11) is 0. The van der Waals surface area contributed by atoms with E-state index in [1.807, 2.05) is 24.3 Å². The second kappa shape index (κ2) is 11.3. The van der Waals surface area contributed by atoms with E-state index >= 15 is 0 Å². The van der Waals surface area contributed by atoms with E-state index in [2.05, 4.69) is 30.2 Å². The van der Waals surface area contributed by atoms with Crippen molar-refractivity contribution in [3.05, 3.63) is 65.5 Å². The maximum Gasteiger partial charge on any atom is 0.573 e. The number of alkyl halides is 3. The van der Waals surface area contributed by atoms with E-state index in [1.165, 1.54) is 16.9 Å². The van der Waals surface area contributed by atoms with Crippen molar-refractivity contribution in [2.45, 2.75) is 82.6 Å². The average Bonchev–Trinajstić information content (AvgIpc) is 3.62. The van der Waals surface area contributed by atoms with E-state index in [4.69, 9.17) is 14.3 Å². The molecule has 1 saturated heterocycles. The maximum absolute atomic E-state index is 12.7. The largest absolute Gasteiger partial charge is 0.573 e. The number of aromatic nitrogens is 4. The summed E-state index contributed by atoms with van der Waals surface area (Å²) in [6.07, 6.45) is -2.66. The molecule has 4 heterocycles. The number of likely N-dealkylation sites (tertiary alicyclic amines) is 1. The lowest BCUT2D eigenvalue weighted by molar-refractivity contribution is -0.274. The van der Waals surface area contributed by atoms with Gasteiger partial charge in [-0.2, -0.15) is 4.80 Å². The van der Waals surface area contributed by atoms with E-state index in [-0.39, 0.29) is 18.2 Å². The van der Waals surface area contributed by atoms with Crippen molar-refractivity contribution in [2.75, 3.05) is 13.1 Å². The van der Waals surface area contributed by atoms with Gasteiger partial charge in [-0.15, -0.1) is 23.4 Å². The number of oxime groups is 1. The van der Waals surface area contributed by atoms with E-state index in [0.717, 1.165) is 35.6 Å². The Morgan fingerprint density at radius 3 is 2.50 bits per heavy atom. The first kappa shape index (κ1) is 29.7. The van der Waals surface area contributed by atoms with Gasteiger partial charge in [-0.25, -0.2) is 4.79 Å². The molecule has 14 heteroatoms. The summed E-state index contributed by atoms with van der Waals surface area (Å²) >= 11 is 0. The Kier molecular flexibility index (Phi) is 7.62. The minimum absolute atomic E-state index is 0.0441. The van der Waals surface area contributed by atoms with E-state index < -0.39 is 29.6 Å². The predicted molar refractivity (Wildman–Crippen MR) is 150 cm³/mol. The second-order valence-corrected chi connectivity index (χ2v) is 12.3. The van der Waals surface area contributed by atoms with Crippen molar-refractivity contribution in [1.82, 2.24) is 25.1 Å². The van der Waals surface area contributed by atoms with Crippen LogP contribution in [0, 0.1) is 0 Å². The highest BCUT2D eigenvalue weighted by Crippen LogP contribution is 2.48. The van der Waals surface area contributed by atoms with Gasteiger partial charge in [-0.3, -0.25) is 0 Å². The number of hydrogen-bond donors (Lipinski definition) is 0. The number of rotatable bonds is 5. The number of carbonyl (C=O) groups excluding carboxylic acids is 1. The first-order valence-electron chi connectivity index (χ1n) is 14.5. The van der Waals surface area contributed by atoms with Crippen molar-refractivity contribution >= 4 is 11.8 Å². The van der Waals surface area contributed by atoms with Crippen LogP contribution in [0.15, 0.2) is 53.7 Å². The van der Waals surface area contributed by atoms with Gasteiger partial charge in [0.15, 0.2) is 12.6 Å². The van der Waals surface area contributed by atoms with E-state index in [9.17, 15) is 18.0 Å². The Hall–Kier alpha value is -4.36. The van der Waals surface area contributed by atoms with Gasteiger partial charge in [0.2, 0.25) is 5.82 Å². The fourth-order valence-electron chi connectivity index (χ4n) is 5.93. The number of halogens is 3.